The van der Waals surface area contributed by atoms with Gasteiger partial charge in [-0.1, -0.05) is 24.3 Å². The molecule has 1 aliphatic heterocycles. The van der Waals surface area contributed by atoms with E-state index in [1.807, 2.05) is 0 Å². The molecule has 2 N–H and O–H groups in total. The highest BCUT2D eigenvalue weighted by molar-refractivity contribution is 5.36. The van der Waals surface area contributed by atoms with Gasteiger partial charge in [0.15, 0.2) is 0 Å². The van der Waals surface area contributed by atoms with Crippen molar-refractivity contribution in [1.82, 2.24) is 0 Å². The fourth-order valence-electron chi connectivity index (χ4n) is 2.92. The van der Waals surface area contributed by atoms with E-state index >= 15 is 0 Å². The molecule has 18 heavy (non-hydrogen) atoms. The number of hydrogen-bond donors (Lipinski definition) is 1. The van der Waals surface area contributed by atoms with E-state index in [1.54, 1.807) is 0 Å². The van der Waals surface area contributed by atoms with Crippen molar-refractivity contribution in [2.75, 3.05) is 19.8 Å². The monoisotopic (exact) mass is 247 g/mol. The van der Waals surface area contributed by atoms with E-state index < -0.39 is 0 Å². The Morgan fingerprint density at radius 3 is 2.78 bits per heavy atom. The van der Waals surface area contributed by atoms with Crippen molar-refractivity contribution in [2.24, 2.45) is 11.7 Å². The van der Waals surface area contributed by atoms with Crippen LogP contribution in [0.3, 0.4) is 0 Å². The standard InChI is InChI=1S/C15H21NO2/c16-15-13-4-2-1-3-12(13)9-14(15)18-10-11-5-7-17-8-6-11/h1-4,11,14-15H,5-10,16H2. The lowest BCUT2D eigenvalue weighted by molar-refractivity contribution is -0.0153. The number of hydrogen-bond acceptors (Lipinski definition) is 3. The Bertz CT molecular complexity index is 401. The lowest BCUT2D eigenvalue weighted by Gasteiger charge is -2.25. The maximum absolute atomic E-state index is 6.26. The number of fused-ring (bicyclic) bond motifs is 1. The van der Waals surface area contributed by atoms with Gasteiger partial charge in [-0.05, 0) is 29.9 Å². The predicted molar refractivity (Wildman–Crippen MR) is 70.4 cm³/mol. The van der Waals surface area contributed by atoms with Gasteiger partial charge in [0, 0.05) is 19.6 Å². The Labute approximate surface area is 108 Å². The van der Waals surface area contributed by atoms with Crippen LogP contribution in [0.15, 0.2) is 24.3 Å². The van der Waals surface area contributed by atoms with Gasteiger partial charge in [-0.3, -0.25) is 0 Å². The van der Waals surface area contributed by atoms with Crippen molar-refractivity contribution in [3.8, 4) is 0 Å². The van der Waals surface area contributed by atoms with E-state index in [9.17, 15) is 0 Å². The topological polar surface area (TPSA) is 44.5 Å². The van der Waals surface area contributed by atoms with Gasteiger partial charge < -0.3 is 15.2 Å². The summed E-state index contributed by atoms with van der Waals surface area (Å²) in [4.78, 5) is 0. The predicted octanol–water partition coefficient (Wildman–Crippen LogP) is 2.05. The Morgan fingerprint density at radius 2 is 2.00 bits per heavy atom. The summed E-state index contributed by atoms with van der Waals surface area (Å²) in [6.07, 6.45) is 3.36. The zero-order valence-electron chi connectivity index (χ0n) is 10.7. The number of ether oxygens (including phenoxy) is 2. The zero-order valence-corrected chi connectivity index (χ0v) is 10.7. The molecule has 0 amide bonds. The number of nitrogens with two attached hydrogens (primary N) is 1. The van der Waals surface area contributed by atoms with Crippen LogP contribution in [0.25, 0.3) is 0 Å². The first-order valence-corrected chi connectivity index (χ1v) is 6.87. The van der Waals surface area contributed by atoms with Crippen LogP contribution in [-0.2, 0) is 15.9 Å². The minimum atomic E-state index is 0.0426. The largest absolute Gasteiger partial charge is 0.381 e. The minimum Gasteiger partial charge on any atom is -0.381 e. The first kappa shape index (κ1) is 12.2. The summed E-state index contributed by atoms with van der Waals surface area (Å²) in [7, 11) is 0. The molecule has 3 heteroatoms. The number of rotatable bonds is 3. The molecule has 2 aliphatic rings. The van der Waals surface area contributed by atoms with Crippen LogP contribution >= 0.6 is 0 Å². The first-order chi connectivity index (χ1) is 8.84. The van der Waals surface area contributed by atoms with Crippen molar-refractivity contribution in [3.05, 3.63) is 35.4 Å². The van der Waals surface area contributed by atoms with E-state index in [0.29, 0.717) is 5.92 Å². The van der Waals surface area contributed by atoms with Crippen LogP contribution < -0.4 is 5.73 Å². The summed E-state index contributed by atoms with van der Waals surface area (Å²) >= 11 is 0. The Hall–Kier alpha value is -0.900. The normalized spacial score (nSPS) is 28.3. The van der Waals surface area contributed by atoms with Crippen LogP contribution in [0.1, 0.15) is 30.0 Å². The zero-order chi connectivity index (χ0) is 12.4. The van der Waals surface area contributed by atoms with Gasteiger partial charge in [-0.15, -0.1) is 0 Å². The SMILES string of the molecule is NC1c2ccccc2CC1OCC1CCOCC1. The molecule has 0 bridgehead atoms. The maximum atomic E-state index is 6.26. The average Bonchev–Trinajstić information content (AvgIpc) is 2.75. The highest BCUT2D eigenvalue weighted by Gasteiger charge is 2.30. The summed E-state index contributed by atoms with van der Waals surface area (Å²) in [6.45, 7) is 2.59. The molecule has 3 nitrogen and oxygen atoms in total. The van der Waals surface area contributed by atoms with Gasteiger partial charge >= 0.3 is 0 Å². The van der Waals surface area contributed by atoms with E-state index in [-0.39, 0.29) is 12.1 Å². The molecule has 1 saturated heterocycles. The van der Waals surface area contributed by atoms with Crippen molar-refractivity contribution >= 4 is 0 Å². The molecule has 2 atom stereocenters. The van der Waals surface area contributed by atoms with Crippen LogP contribution in [0.4, 0.5) is 0 Å². The van der Waals surface area contributed by atoms with Crippen molar-refractivity contribution in [1.29, 1.82) is 0 Å². The maximum Gasteiger partial charge on any atom is 0.0808 e. The molecular weight excluding hydrogens is 226 g/mol. The molecule has 0 spiro atoms. The van der Waals surface area contributed by atoms with Crippen LogP contribution in [0.2, 0.25) is 0 Å². The van der Waals surface area contributed by atoms with E-state index in [1.165, 1.54) is 11.1 Å². The van der Waals surface area contributed by atoms with Gasteiger partial charge in [-0.25, -0.2) is 0 Å². The lowest BCUT2D eigenvalue weighted by Crippen LogP contribution is -2.29. The molecular formula is C15H21NO2. The van der Waals surface area contributed by atoms with Crippen LogP contribution in [-0.4, -0.2) is 25.9 Å². The smallest absolute Gasteiger partial charge is 0.0808 e. The summed E-state index contributed by atoms with van der Waals surface area (Å²) < 4.78 is 11.4. The van der Waals surface area contributed by atoms with Gasteiger partial charge in [0.2, 0.25) is 0 Å². The van der Waals surface area contributed by atoms with Gasteiger partial charge in [0.05, 0.1) is 18.8 Å². The fourth-order valence-corrected chi connectivity index (χ4v) is 2.92. The molecule has 0 radical (unpaired) electrons. The molecule has 1 heterocycles. The molecule has 2 unspecified atom stereocenters. The lowest BCUT2D eigenvalue weighted by atomic mass is 10.0. The van der Waals surface area contributed by atoms with Crippen molar-refractivity contribution < 1.29 is 9.47 Å². The molecule has 1 fully saturated rings. The average molecular weight is 247 g/mol. The summed E-state index contributed by atoms with van der Waals surface area (Å²) in [5.41, 5.74) is 8.86. The quantitative estimate of drug-likeness (QED) is 0.889. The third-order valence-corrected chi connectivity index (χ3v) is 4.12. The molecule has 1 aliphatic carbocycles. The highest BCUT2D eigenvalue weighted by atomic mass is 16.5. The van der Waals surface area contributed by atoms with E-state index in [4.69, 9.17) is 15.2 Å². The third kappa shape index (κ3) is 2.44. The highest BCUT2D eigenvalue weighted by Crippen LogP contribution is 2.32. The second-order valence-electron chi connectivity index (χ2n) is 5.36. The second kappa shape index (κ2) is 5.39. The molecule has 1 aromatic rings. The van der Waals surface area contributed by atoms with Gasteiger partial charge in [0.25, 0.3) is 0 Å². The molecule has 1 aromatic carbocycles. The summed E-state index contributed by atoms with van der Waals surface area (Å²) in [5, 5.41) is 0. The molecule has 0 aromatic heterocycles. The van der Waals surface area contributed by atoms with E-state index in [2.05, 4.69) is 24.3 Å². The third-order valence-electron chi connectivity index (χ3n) is 4.12. The first-order valence-electron chi connectivity index (χ1n) is 6.87. The van der Waals surface area contributed by atoms with E-state index in [0.717, 1.165) is 39.1 Å². The fraction of sp³-hybridized carbons (Fsp3) is 0.600. The Morgan fingerprint density at radius 1 is 1.22 bits per heavy atom. The van der Waals surface area contributed by atoms with Crippen LogP contribution in [0, 0.1) is 5.92 Å². The second-order valence-corrected chi connectivity index (χ2v) is 5.36. The summed E-state index contributed by atoms with van der Waals surface area (Å²) in [6, 6.07) is 8.46. The summed E-state index contributed by atoms with van der Waals surface area (Å²) in [5.74, 6) is 0.648. The molecule has 3 rings (SSSR count). The Balaban J connectivity index is 1.56. The molecule has 98 valence electrons. The molecule has 0 saturated carbocycles. The van der Waals surface area contributed by atoms with Crippen molar-refractivity contribution in [3.63, 3.8) is 0 Å². The Kier molecular flexibility index (Phi) is 3.64. The van der Waals surface area contributed by atoms with Crippen LogP contribution in [0.5, 0.6) is 0 Å². The van der Waals surface area contributed by atoms with Gasteiger partial charge in [-0.2, -0.15) is 0 Å². The van der Waals surface area contributed by atoms with Crippen molar-refractivity contribution in [2.45, 2.75) is 31.4 Å². The minimum absolute atomic E-state index is 0.0426. The van der Waals surface area contributed by atoms with Gasteiger partial charge in [0.1, 0.15) is 0 Å². The number of benzene rings is 1.